The van der Waals surface area contributed by atoms with E-state index in [9.17, 15) is 15.0 Å². The SMILES string of the molecule is Cc1[nH]n(C)c(=O)c1C1C(O)C(C=C2N(C)c3ccc(Cl)cc3C2(C)C)C1O. The molecular weight excluding hydrogens is 378 g/mol. The molecule has 1 saturated carbocycles. The average Bonchev–Trinajstić information content (AvgIpc) is 2.97. The van der Waals surface area contributed by atoms with Gasteiger partial charge in [0.25, 0.3) is 5.56 Å². The standard InChI is InChI=1S/C21H26ClN3O3/c1-10-16(20(28)25(5)23-10)17-18(26)12(19(17)27)9-15-21(2,3)13-8-11(22)6-7-14(13)24(15)4/h6-9,12,17-19,23,26-27H,1-5H3. The van der Waals surface area contributed by atoms with Gasteiger partial charge in [-0.2, -0.15) is 0 Å². The number of aryl methyl sites for hydroxylation is 2. The van der Waals surface area contributed by atoms with Crippen LogP contribution >= 0.6 is 11.6 Å². The molecule has 0 saturated heterocycles. The van der Waals surface area contributed by atoms with Gasteiger partial charge in [-0.15, -0.1) is 0 Å². The molecule has 7 heteroatoms. The molecule has 1 aliphatic carbocycles. The number of likely N-dealkylation sites (N-methyl/N-ethyl adjacent to an activating group) is 1. The molecule has 3 N–H and O–H groups in total. The van der Waals surface area contributed by atoms with Crippen LogP contribution in [-0.4, -0.2) is 39.2 Å². The smallest absolute Gasteiger partial charge is 0.270 e. The van der Waals surface area contributed by atoms with Gasteiger partial charge in [0.1, 0.15) is 0 Å². The molecule has 2 heterocycles. The Morgan fingerprint density at radius 1 is 1.21 bits per heavy atom. The molecule has 1 aliphatic heterocycles. The predicted octanol–water partition coefficient (Wildman–Crippen LogP) is 2.42. The van der Waals surface area contributed by atoms with Crippen molar-refractivity contribution in [2.45, 2.75) is 44.3 Å². The number of anilines is 1. The van der Waals surface area contributed by atoms with Crippen molar-refractivity contribution in [1.29, 1.82) is 0 Å². The third-order valence-corrected chi connectivity index (χ3v) is 6.71. The number of allylic oxidation sites excluding steroid dienone is 1. The minimum atomic E-state index is -0.818. The molecule has 0 spiro atoms. The Morgan fingerprint density at radius 2 is 1.86 bits per heavy atom. The fourth-order valence-electron chi connectivity index (χ4n) is 4.86. The number of aromatic nitrogens is 2. The van der Waals surface area contributed by atoms with Crippen molar-refractivity contribution in [3.05, 3.63) is 62.2 Å². The third kappa shape index (κ3) is 2.51. The normalized spacial score (nSPS) is 29.9. The van der Waals surface area contributed by atoms with Crippen LogP contribution in [0.5, 0.6) is 0 Å². The van der Waals surface area contributed by atoms with Crippen LogP contribution in [0.1, 0.15) is 36.6 Å². The molecular formula is C21H26ClN3O3. The quantitative estimate of drug-likeness (QED) is 0.719. The summed E-state index contributed by atoms with van der Waals surface area (Å²) in [6.45, 7) is 6.01. The number of hydrogen-bond acceptors (Lipinski definition) is 4. The number of fused-ring (bicyclic) bond motifs is 1. The first-order valence-electron chi connectivity index (χ1n) is 9.43. The lowest BCUT2D eigenvalue weighted by Crippen LogP contribution is -2.54. The number of H-pyrrole nitrogens is 1. The topological polar surface area (TPSA) is 81.5 Å². The van der Waals surface area contributed by atoms with Gasteiger partial charge >= 0.3 is 0 Å². The highest BCUT2D eigenvalue weighted by atomic mass is 35.5. The van der Waals surface area contributed by atoms with Gasteiger partial charge in [0.15, 0.2) is 0 Å². The third-order valence-electron chi connectivity index (χ3n) is 6.48. The van der Waals surface area contributed by atoms with Gasteiger partial charge in [0.2, 0.25) is 0 Å². The van der Waals surface area contributed by atoms with Crippen molar-refractivity contribution in [2.24, 2.45) is 13.0 Å². The van der Waals surface area contributed by atoms with Crippen molar-refractivity contribution in [1.82, 2.24) is 9.78 Å². The summed E-state index contributed by atoms with van der Waals surface area (Å²) in [4.78, 5) is 14.5. The molecule has 2 unspecified atom stereocenters. The van der Waals surface area contributed by atoms with E-state index in [4.69, 9.17) is 11.6 Å². The lowest BCUT2D eigenvalue weighted by molar-refractivity contribution is -0.0952. The van der Waals surface area contributed by atoms with Crippen molar-refractivity contribution < 1.29 is 10.2 Å². The minimum Gasteiger partial charge on any atom is -0.392 e. The second-order valence-corrected chi connectivity index (χ2v) is 8.93. The molecule has 150 valence electrons. The molecule has 4 rings (SSSR count). The van der Waals surface area contributed by atoms with Gasteiger partial charge in [-0.3, -0.25) is 14.6 Å². The highest BCUT2D eigenvalue weighted by Crippen LogP contribution is 2.50. The molecule has 0 bridgehead atoms. The highest BCUT2D eigenvalue weighted by molar-refractivity contribution is 6.30. The summed E-state index contributed by atoms with van der Waals surface area (Å²) in [6, 6.07) is 5.82. The lowest BCUT2D eigenvalue weighted by atomic mass is 9.65. The zero-order valence-corrected chi connectivity index (χ0v) is 17.4. The van der Waals surface area contributed by atoms with E-state index in [0.29, 0.717) is 16.3 Å². The summed E-state index contributed by atoms with van der Waals surface area (Å²) in [7, 11) is 3.61. The fourth-order valence-corrected chi connectivity index (χ4v) is 5.04. The van der Waals surface area contributed by atoms with Crippen molar-refractivity contribution >= 4 is 17.3 Å². The number of rotatable bonds is 2. The monoisotopic (exact) mass is 403 g/mol. The van der Waals surface area contributed by atoms with Crippen molar-refractivity contribution in [3.8, 4) is 0 Å². The second-order valence-electron chi connectivity index (χ2n) is 8.50. The first kappa shape index (κ1) is 19.3. The van der Waals surface area contributed by atoms with E-state index in [1.54, 1.807) is 14.0 Å². The first-order valence-corrected chi connectivity index (χ1v) is 9.81. The van der Waals surface area contributed by atoms with Gasteiger partial charge in [0, 0.05) is 59.0 Å². The Hall–Kier alpha value is -2.02. The van der Waals surface area contributed by atoms with E-state index in [1.165, 1.54) is 4.68 Å². The summed E-state index contributed by atoms with van der Waals surface area (Å²) >= 11 is 6.20. The summed E-state index contributed by atoms with van der Waals surface area (Å²) in [6.07, 6.45) is 0.314. The first-order chi connectivity index (χ1) is 13.1. The van der Waals surface area contributed by atoms with Crippen LogP contribution < -0.4 is 10.5 Å². The van der Waals surface area contributed by atoms with Gasteiger partial charge in [-0.05, 0) is 30.7 Å². The number of aliphatic hydroxyl groups is 2. The maximum Gasteiger partial charge on any atom is 0.270 e. The Morgan fingerprint density at radius 3 is 2.43 bits per heavy atom. The minimum absolute atomic E-state index is 0.202. The van der Waals surface area contributed by atoms with Gasteiger partial charge in [-0.25, -0.2) is 0 Å². The molecule has 2 aromatic rings. The van der Waals surface area contributed by atoms with E-state index < -0.39 is 24.0 Å². The molecule has 1 aromatic carbocycles. The summed E-state index contributed by atoms with van der Waals surface area (Å²) in [5.74, 6) is -1.02. The predicted molar refractivity (Wildman–Crippen MR) is 110 cm³/mol. The van der Waals surface area contributed by atoms with E-state index in [2.05, 4.69) is 23.8 Å². The van der Waals surface area contributed by atoms with E-state index in [-0.39, 0.29) is 11.0 Å². The highest BCUT2D eigenvalue weighted by Gasteiger charge is 2.52. The molecule has 28 heavy (non-hydrogen) atoms. The van der Waals surface area contributed by atoms with Gasteiger partial charge in [-0.1, -0.05) is 31.5 Å². The molecule has 2 atom stereocenters. The summed E-state index contributed by atoms with van der Waals surface area (Å²) in [5, 5.41) is 25.3. The van der Waals surface area contributed by atoms with Crippen LogP contribution in [0.3, 0.4) is 0 Å². The largest absolute Gasteiger partial charge is 0.392 e. The van der Waals surface area contributed by atoms with Crippen molar-refractivity contribution in [2.75, 3.05) is 11.9 Å². The van der Waals surface area contributed by atoms with E-state index >= 15 is 0 Å². The average molecular weight is 404 g/mol. The number of aliphatic hydroxyl groups excluding tert-OH is 2. The molecule has 0 amide bonds. The Bertz CT molecular complexity index is 1030. The number of halogens is 1. The van der Waals surface area contributed by atoms with Gasteiger partial charge < -0.3 is 15.1 Å². The van der Waals surface area contributed by atoms with Crippen LogP contribution in [0.4, 0.5) is 5.69 Å². The second kappa shape index (κ2) is 6.24. The van der Waals surface area contributed by atoms with Crippen molar-refractivity contribution in [3.63, 3.8) is 0 Å². The molecule has 2 aliphatic rings. The molecule has 6 nitrogen and oxygen atoms in total. The summed E-state index contributed by atoms with van der Waals surface area (Å²) in [5.41, 5.74) is 3.82. The Labute approximate surface area is 169 Å². The van der Waals surface area contributed by atoms with E-state index in [1.807, 2.05) is 31.3 Å². The molecule has 0 radical (unpaired) electrons. The van der Waals surface area contributed by atoms with Crippen LogP contribution in [0.25, 0.3) is 0 Å². The maximum atomic E-state index is 12.4. The number of benzene rings is 1. The lowest BCUT2D eigenvalue weighted by Gasteiger charge is -2.45. The Balaban J connectivity index is 1.68. The fraction of sp³-hybridized carbons (Fsp3) is 0.476. The summed E-state index contributed by atoms with van der Waals surface area (Å²) < 4.78 is 1.38. The molecule has 1 aromatic heterocycles. The van der Waals surface area contributed by atoms with Crippen LogP contribution in [0, 0.1) is 12.8 Å². The number of hydrogen-bond donors (Lipinski definition) is 3. The number of nitrogens with zero attached hydrogens (tertiary/aromatic N) is 2. The number of aromatic amines is 1. The molecule has 1 fully saturated rings. The zero-order chi connectivity index (χ0) is 20.5. The maximum absolute atomic E-state index is 12.4. The van der Waals surface area contributed by atoms with E-state index in [0.717, 1.165) is 16.9 Å². The van der Waals surface area contributed by atoms with Crippen LogP contribution in [-0.2, 0) is 12.5 Å². The van der Waals surface area contributed by atoms with Crippen LogP contribution in [0.2, 0.25) is 5.02 Å². The Kier molecular flexibility index (Phi) is 4.30. The zero-order valence-electron chi connectivity index (χ0n) is 16.7. The van der Waals surface area contributed by atoms with Gasteiger partial charge in [0.05, 0.1) is 12.2 Å². The number of nitrogens with one attached hydrogen (secondary N) is 1. The van der Waals surface area contributed by atoms with Crippen LogP contribution in [0.15, 0.2) is 34.8 Å².